The van der Waals surface area contributed by atoms with E-state index in [0.29, 0.717) is 0 Å². The molecular weight excluding hydrogens is 224 g/mol. The number of nitro groups is 1. The number of primary amides is 1. The van der Waals surface area contributed by atoms with Crippen molar-refractivity contribution in [2.75, 3.05) is 5.75 Å². The Balaban J connectivity index is 3.12. The first-order valence-corrected chi connectivity index (χ1v) is 5.07. The van der Waals surface area contributed by atoms with Gasteiger partial charge in [-0.25, -0.2) is 0 Å². The maximum absolute atomic E-state index is 11.5. The molecule has 1 atom stereocenters. The normalized spacial score (nSPS) is 12.3. The van der Waals surface area contributed by atoms with E-state index in [0.717, 1.165) is 6.33 Å². The molecule has 0 radical (unpaired) electrons. The molecule has 1 aromatic rings. The highest BCUT2D eigenvalue weighted by atomic mass is 32.2. The lowest BCUT2D eigenvalue weighted by Crippen LogP contribution is -2.20. The van der Waals surface area contributed by atoms with Crippen LogP contribution in [0.1, 0.15) is 0 Å². The van der Waals surface area contributed by atoms with Gasteiger partial charge in [-0.3, -0.25) is 9.00 Å². The first-order valence-electron chi connectivity index (χ1n) is 3.76. The summed E-state index contributed by atoms with van der Waals surface area (Å²) in [4.78, 5) is 23.7. The van der Waals surface area contributed by atoms with Crippen LogP contribution in [0.2, 0.25) is 0 Å². The van der Waals surface area contributed by atoms with E-state index >= 15 is 0 Å². The standard InChI is InChI=1S/C6H8N4O4S/c1-9-3-8-5(10(12)13)6(9)15(14)2-4(7)11/h3H,2H2,1H3,(H2,7,11)/t15-/m0/s1. The Labute approximate surface area is 86.7 Å². The Hall–Kier alpha value is -1.77. The van der Waals surface area contributed by atoms with Crippen molar-refractivity contribution >= 4 is 22.5 Å². The fourth-order valence-electron chi connectivity index (χ4n) is 0.992. The topological polar surface area (TPSA) is 121 Å². The zero-order valence-electron chi connectivity index (χ0n) is 7.74. The zero-order valence-corrected chi connectivity index (χ0v) is 8.56. The molecule has 1 rings (SSSR count). The third-order valence-corrected chi connectivity index (χ3v) is 2.98. The number of carbonyl (C=O) groups excluding carboxylic acids is 1. The predicted molar refractivity (Wildman–Crippen MR) is 50.3 cm³/mol. The summed E-state index contributed by atoms with van der Waals surface area (Å²) in [5.41, 5.74) is 4.84. The molecule has 2 N–H and O–H groups in total. The highest BCUT2D eigenvalue weighted by Gasteiger charge is 2.25. The van der Waals surface area contributed by atoms with Gasteiger partial charge in [-0.15, -0.1) is 0 Å². The van der Waals surface area contributed by atoms with Crippen LogP contribution in [0.25, 0.3) is 0 Å². The second kappa shape index (κ2) is 4.17. The van der Waals surface area contributed by atoms with Crippen LogP contribution in [0.15, 0.2) is 11.4 Å². The molecule has 0 unspecified atom stereocenters. The number of carbonyl (C=O) groups is 1. The molecule has 9 heteroatoms. The Morgan fingerprint density at radius 1 is 1.80 bits per heavy atom. The largest absolute Gasteiger partial charge is 0.398 e. The van der Waals surface area contributed by atoms with Crippen molar-refractivity contribution in [1.82, 2.24) is 9.55 Å². The van der Waals surface area contributed by atoms with E-state index in [9.17, 15) is 19.1 Å². The van der Waals surface area contributed by atoms with E-state index in [1.807, 2.05) is 0 Å². The molecule has 0 aromatic carbocycles. The van der Waals surface area contributed by atoms with Crippen LogP contribution in [0.4, 0.5) is 5.82 Å². The first-order chi connectivity index (χ1) is 6.93. The van der Waals surface area contributed by atoms with Crippen LogP contribution in [-0.4, -0.2) is 30.3 Å². The molecule has 0 saturated heterocycles. The molecule has 15 heavy (non-hydrogen) atoms. The molecule has 0 saturated carbocycles. The fourth-order valence-corrected chi connectivity index (χ4v) is 2.09. The number of aryl methyl sites for hydroxylation is 1. The third kappa shape index (κ3) is 2.37. The average Bonchev–Trinajstić information content (AvgIpc) is 2.45. The maximum Gasteiger partial charge on any atom is 0.398 e. The second-order valence-corrected chi connectivity index (χ2v) is 4.06. The van der Waals surface area contributed by atoms with Gasteiger partial charge in [-0.05, 0) is 9.91 Å². The van der Waals surface area contributed by atoms with Crippen molar-refractivity contribution in [3.8, 4) is 0 Å². The van der Waals surface area contributed by atoms with Gasteiger partial charge in [0.25, 0.3) is 0 Å². The molecule has 1 amide bonds. The minimum atomic E-state index is -1.84. The lowest BCUT2D eigenvalue weighted by molar-refractivity contribution is -0.392. The summed E-state index contributed by atoms with van der Waals surface area (Å²) in [6.07, 6.45) is 1.16. The van der Waals surface area contributed by atoms with Gasteiger partial charge in [0.15, 0.2) is 0 Å². The van der Waals surface area contributed by atoms with Crippen LogP contribution in [-0.2, 0) is 22.6 Å². The van der Waals surface area contributed by atoms with Crippen molar-refractivity contribution in [1.29, 1.82) is 0 Å². The Bertz CT molecular complexity index is 440. The van der Waals surface area contributed by atoms with Crippen LogP contribution >= 0.6 is 0 Å². The summed E-state index contributed by atoms with van der Waals surface area (Å²) in [6, 6.07) is 0. The maximum atomic E-state index is 11.5. The molecular formula is C6H8N4O4S. The highest BCUT2D eigenvalue weighted by molar-refractivity contribution is 7.85. The predicted octanol–water partition coefficient (Wildman–Crippen LogP) is -1.08. The van der Waals surface area contributed by atoms with Crippen LogP contribution in [0.5, 0.6) is 0 Å². The molecule has 1 heterocycles. The zero-order chi connectivity index (χ0) is 11.6. The molecule has 0 spiro atoms. The first kappa shape index (κ1) is 11.3. The summed E-state index contributed by atoms with van der Waals surface area (Å²) in [6.45, 7) is 0. The van der Waals surface area contributed by atoms with Gasteiger partial charge in [0.05, 0.1) is 10.8 Å². The molecule has 0 bridgehead atoms. The summed E-state index contributed by atoms with van der Waals surface area (Å²) in [5, 5.41) is 10.4. The number of amides is 1. The van der Waals surface area contributed by atoms with Gasteiger partial charge >= 0.3 is 5.82 Å². The Morgan fingerprint density at radius 3 is 2.87 bits per heavy atom. The number of hydrogen-bond acceptors (Lipinski definition) is 5. The molecule has 8 nitrogen and oxygen atoms in total. The highest BCUT2D eigenvalue weighted by Crippen LogP contribution is 2.19. The van der Waals surface area contributed by atoms with Gasteiger partial charge in [0.1, 0.15) is 5.75 Å². The average molecular weight is 232 g/mol. The number of aromatic nitrogens is 2. The van der Waals surface area contributed by atoms with E-state index in [-0.39, 0.29) is 5.03 Å². The van der Waals surface area contributed by atoms with Gasteiger partial charge < -0.3 is 20.4 Å². The number of hydrogen-bond donors (Lipinski definition) is 1. The minimum Gasteiger partial charge on any atom is -0.369 e. The van der Waals surface area contributed by atoms with E-state index < -0.39 is 33.2 Å². The van der Waals surface area contributed by atoms with Gasteiger partial charge in [-0.1, -0.05) is 0 Å². The monoisotopic (exact) mass is 232 g/mol. The van der Waals surface area contributed by atoms with Crippen LogP contribution in [0, 0.1) is 10.1 Å². The van der Waals surface area contributed by atoms with E-state index in [4.69, 9.17) is 5.73 Å². The van der Waals surface area contributed by atoms with Gasteiger partial charge in [0, 0.05) is 7.05 Å². The number of imidazole rings is 1. The van der Waals surface area contributed by atoms with Crippen molar-refractivity contribution in [2.24, 2.45) is 12.8 Å². The molecule has 0 aliphatic carbocycles. The van der Waals surface area contributed by atoms with Crippen molar-refractivity contribution < 1.29 is 13.9 Å². The van der Waals surface area contributed by atoms with E-state index in [1.165, 1.54) is 11.6 Å². The van der Waals surface area contributed by atoms with Crippen LogP contribution < -0.4 is 5.73 Å². The second-order valence-electron chi connectivity index (χ2n) is 2.70. The molecule has 0 fully saturated rings. The Kier molecular flexibility index (Phi) is 3.14. The number of rotatable bonds is 4. The minimum absolute atomic E-state index is 0.112. The van der Waals surface area contributed by atoms with Crippen molar-refractivity contribution in [3.05, 3.63) is 16.4 Å². The summed E-state index contributed by atoms with van der Waals surface area (Å²) in [5.74, 6) is -1.76. The smallest absolute Gasteiger partial charge is 0.369 e. The quantitative estimate of drug-likeness (QED) is 0.522. The van der Waals surface area contributed by atoms with E-state index in [1.54, 1.807) is 0 Å². The summed E-state index contributed by atoms with van der Waals surface area (Å²) >= 11 is 0. The third-order valence-electron chi connectivity index (χ3n) is 1.53. The molecule has 0 aliphatic rings. The SMILES string of the molecule is Cn1cnc([N+](=O)[O-])c1[S@@](=O)CC(N)=O. The lowest BCUT2D eigenvalue weighted by Gasteiger charge is -1.99. The van der Waals surface area contributed by atoms with Crippen molar-refractivity contribution in [2.45, 2.75) is 5.03 Å². The van der Waals surface area contributed by atoms with Gasteiger partial charge in [0.2, 0.25) is 17.3 Å². The summed E-state index contributed by atoms with van der Waals surface area (Å²) < 4.78 is 12.7. The van der Waals surface area contributed by atoms with Gasteiger partial charge in [-0.2, -0.15) is 0 Å². The van der Waals surface area contributed by atoms with Crippen LogP contribution in [0.3, 0.4) is 0 Å². The lowest BCUT2D eigenvalue weighted by atomic mass is 10.7. The fraction of sp³-hybridized carbons (Fsp3) is 0.333. The number of nitrogens with zero attached hydrogens (tertiary/aromatic N) is 3. The van der Waals surface area contributed by atoms with Crippen molar-refractivity contribution in [3.63, 3.8) is 0 Å². The molecule has 1 aromatic heterocycles. The molecule has 0 aliphatic heterocycles. The summed E-state index contributed by atoms with van der Waals surface area (Å²) in [7, 11) is -0.389. The Morgan fingerprint density at radius 2 is 2.40 bits per heavy atom. The molecule has 82 valence electrons. The van der Waals surface area contributed by atoms with E-state index in [2.05, 4.69) is 4.98 Å². The number of nitrogens with two attached hydrogens (primary N) is 1.